The van der Waals surface area contributed by atoms with E-state index in [1.54, 1.807) is 0 Å². The largest absolute Gasteiger partial charge is 0.310 e. The molecule has 0 N–H and O–H groups in total. The number of fused-ring (bicyclic) bond motifs is 9. The van der Waals surface area contributed by atoms with E-state index in [0.717, 1.165) is 5.69 Å². The summed E-state index contributed by atoms with van der Waals surface area (Å²) < 4.78 is 0. The minimum absolute atomic E-state index is 0.0516. The molecule has 51 heavy (non-hydrogen) atoms. The molecule has 0 saturated carbocycles. The number of hydrogen-bond acceptors (Lipinski definition) is 1. The zero-order valence-electron chi connectivity index (χ0n) is 29.5. The number of rotatable bonds is 4. The summed E-state index contributed by atoms with van der Waals surface area (Å²) in [7, 11) is 0. The van der Waals surface area contributed by atoms with Crippen molar-refractivity contribution in [3.05, 3.63) is 186 Å². The van der Waals surface area contributed by atoms with Crippen molar-refractivity contribution in [3.8, 4) is 33.4 Å². The number of hydrogen-bond donors (Lipinski definition) is 0. The Morgan fingerprint density at radius 2 is 0.980 bits per heavy atom. The third-order valence-corrected chi connectivity index (χ3v) is 11.8. The van der Waals surface area contributed by atoms with Crippen molar-refractivity contribution < 1.29 is 0 Å². The van der Waals surface area contributed by atoms with E-state index in [-0.39, 0.29) is 10.8 Å². The lowest BCUT2D eigenvalue weighted by Crippen LogP contribution is -2.17. The molecule has 2 aliphatic rings. The highest BCUT2D eigenvalue weighted by atomic mass is 15.1. The summed E-state index contributed by atoms with van der Waals surface area (Å²) in [6.07, 6.45) is 0. The maximum absolute atomic E-state index is 2.52. The van der Waals surface area contributed by atoms with E-state index < -0.39 is 0 Å². The standard InChI is InChI=1S/C50H39N/c1-49(2)43-19-11-9-17-40(43)42-31-38(27-28-45(42)49)51(37-25-23-33(24-26-37)35-22-21-32-13-5-6-14-34(32)29-35)46-30-36-15-7-8-16-39(36)48-47(46)41-18-10-12-20-44(41)50(48,3)4/h5-31H,1-4H3. The van der Waals surface area contributed by atoms with Crippen LogP contribution in [0.1, 0.15) is 49.9 Å². The molecule has 1 nitrogen and oxygen atoms in total. The van der Waals surface area contributed by atoms with Crippen LogP contribution in [-0.4, -0.2) is 0 Å². The Labute approximate surface area is 300 Å². The fraction of sp³-hybridized carbons (Fsp3) is 0.120. The van der Waals surface area contributed by atoms with E-state index in [2.05, 4.69) is 196 Å². The molecule has 0 bridgehead atoms. The molecular weight excluding hydrogens is 615 g/mol. The molecule has 0 fully saturated rings. The van der Waals surface area contributed by atoms with E-state index in [9.17, 15) is 0 Å². The van der Waals surface area contributed by atoms with Crippen LogP contribution in [0.4, 0.5) is 17.1 Å². The molecule has 0 aromatic heterocycles. The van der Waals surface area contributed by atoms with Crippen LogP contribution in [-0.2, 0) is 10.8 Å². The smallest absolute Gasteiger partial charge is 0.0549 e. The summed E-state index contributed by atoms with van der Waals surface area (Å²) in [4.78, 5) is 2.52. The lowest BCUT2D eigenvalue weighted by molar-refractivity contribution is 0.660. The number of nitrogens with zero attached hydrogens (tertiary/aromatic N) is 1. The monoisotopic (exact) mass is 653 g/mol. The van der Waals surface area contributed by atoms with Gasteiger partial charge < -0.3 is 4.90 Å². The van der Waals surface area contributed by atoms with Crippen molar-refractivity contribution in [3.63, 3.8) is 0 Å². The maximum atomic E-state index is 2.52. The van der Waals surface area contributed by atoms with Crippen LogP contribution >= 0.6 is 0 Å². The van der Waals surface area contributed by atoms with Crippen LogP contribution in [0, 0.1) is 0 Å². The van der Waals surface area contributed by atoms with Gasteiger partial charge in [-0.1, -0.05) is 155 Å². The predicted molar refractivity (Wildman–Crippen MR) is 217 cm³/mol. The third kappa shape index (κ3) is 4.34. The Morgan fingerprint density at radius 3 is 1.76 bits per heavy atom. The molecule has 0 radical (unpaired) electrons. The first-order valence-electron chi connectivity index (χ1n) is 18.1. The Bertz CT molecular complexity index is 2690. The quantitative estimate of drug-likeness (QED) is 0.183. The van der Waals surface area contributed by atoms with Gasteiger partial charge in [0.15, 0.2) is 0 Å². The minimum atomic E-state index is -0.145. The molecule has 2 aliphatic carbocycles. The Hall–Kier alpha value is -5.92. The first-order valence-corrected chi connectivity index (χ1v) is 18.1. The number of benzene rings is 8. The summed E-state index contributed by atoms with van der Waals surface area (Å²) >= 11 is 0. The van der Waals surface area contributed by atoms with Crippen molar-refractivity contribution in [2.45, 2.75) is 38.5 Å². The van der Waals surface area contributed by atoms with Crippen molar-refractivity contribution >= 4 is 38.6 Å². The Kier molecular flexibility index (Phi) is 6.34. The van der Waals surface area contributed by atoms with Gasteiger partial charge in [-0.15, -0.1) is 0 Å². The fourth-order valence-corrected chi connectivity index (χ4v) is 9.26. The van der Waals surface area contributed by atoms with Crippen LogP contribution in [0.25, 0.3) is 54.9 Å². The Balaban J connectivity index is 1.23. The highest BCUT2D eigenvalue weighted by molar-refractivity contribution is 6.06. The van der Waals surface area contributed by atoms with Crippen molar-refractivity contribution in [1.29, 1.82) is 0 Å². The van der Waals surface area contributed by atoms with Gasteiger partial charge >= 0.3 is 0 Å². The summed E-state index contributed by atoms with van der Waals surface area (Å²) in [6.45, 7) is 9.50. The van der Waals surface area contributed by atoms with Gasteiger partial charge in [0.05, 0.1) is 5.69 Å². The summed E-state index contributed by atoms with van der Waals surface area (Å²) in [5, 5.41) is 5.11. The van der Waals surface area contributed by atoms with Gasteiger partial charge in [-0.3, -0.25) is 0 Å². The maximum Gasteiger partial charge on any atom is 0.0549 e. The van der Waals surface area contributed by atoms with E-state index in [0.29, 0.717) is 0 Å². The lowest BCUT2D eigenvalue weighted by Gasteiger charge is -2.31. The van der Waals surface area contributed by atoms with Crippen LogP contribution in [0.3, 0.4) is 0 Å². The first kappa shape index (κ1) is 29.9. The number of anilines is 3. The van der Waals surface area contributed by atoms with E-state index in [1.165, 1.54) is 88.6 Å². The van der Waals surface area contributed by atoms with Crippen molar-refractivity contribution in [2.24, 2.45) is 0 Å². The molecule has 0 aliphatic heterocycles. The second kappa shape index (κ2) is 10.8. The topological polar surface area (TPSA) is 3.24 Å². The van der Waals surface area contributed by atoms with Crippen molar-refractivity contribution in [1.82, 2.24) is 0 Å². The summed E-state index contributed by atoms with van der Waals surface area (Å²) in [6, 6.07) is 61.1. The first-order chi connectivity index (χ1) is 24.8. The van der Waals surface area contributed by atoms with E-state index in [1.807, 2.05) is 0 Å². The highest BCUT2D eigenvalue weighted by Gasteiger charge is 2.40. The molecule has 0 saturated heterocycles. The molecule has 0 unspecified atom stereocenters. The minimum Gasteiger partial charge on any atom is -0.310 e. The molecule has 1 heteroatoms. The molecule has 0 heterocycles. The van der Waals surface area contributed by atoms with Crippen LogP contribution in [0.15, 0.2) is 164 Å². The van der Waals surface area contributed by atoms with E-state index >= 15 is 0 Å². The normalized spacial score (nSPS) is 14.6. The predicted octanol–water partition coefficient (Wildman–Crippen LogP) is 13.7. The molecule has 8 aromatic rings. The van der Waals surface area contributed by atoms with Crippen LogP contribution in [0.5, 0.6) is 0 Å². The second-order valence-corrected chi connectivity index (χ2v) is 15.4. The van der Waals surface area contributed by atoms with Crippen LogP contribution < -0.4 is 4.90 Å². The zero-order valence-corrected chi connectivity index (χ0v) is 29.5. The molecule has 244 valence electrons. The Morgan fingerprint density at radius 1 is 0.392 bits per heavy atom. The van der Waals surface area contributed by atoms with Crippen LogP contribution in [0.2, 0.25) is 0 Å². The zero-order chi connectivity index (χ0) is 34.5. The average molecular weight is 654 g/mol. The second-order valence-electron chi connectivity index (χ2n) is 15.4. The lowest BCUT2D eigenvalue weighted by atomic mass is 9.80. The van der Waals surface area contributed by atoms with Gasteiger partial charge in [0.1, 0.15) is 0 Å². The average Bonchev–Trinajstić information content (AvgIpc) is 3.55. The van der Waals surface area contributed by atoms with Gasteiger partial charge in [0, 0.05) is 27.8 Å². The fourth-order valence-electron chi connectivity index (χ4n) is 9.26. The summed E-state index contributed by atoms with van der Waals surface area (Å²) in [5.74, 6) is 0. The van der Waals surface area contributed by atoms with Gasteiger partial charge in [-0.25, -0.2) is 0 Å². The third-order valence-electron chi connectivity index (χ3n) is 11.8. The van der Waals surface area contributed by atoms with Gasteiger partial charge in [-0.2, -0.15) is 0 Å². The highest BCUT2D eigenvalue weighted by Crippen LogP contribution is 2.57. The molecule has 0 atom stereocenters. The molecule has 0 amide bonds. The molecule has 8 aromatic carbocycles. The van der Waals surface area contributed by atoms with E-state index in [4.69, 9.17) is 0 Å². The van der Waals surface area contributed by atoms with Gasteiger partial charge in [0.25, 0.3) is 0 Å². The molecule has 0 spiro atoms. The van der Waals surface area contributed by atoms with Gasteiger partial charge in [-0.05, 0) is 108 Å². The van der Waals surface area contributed by atoms with Gasteiger partial charge in [0.2, 0.25) is 0 Å². The molecule has 10 rings (SSSR count). The van der Waals surface area contributed by atoms with Crippen molar-refractivity contribution in [2.75, 3.05) is 4.90 Å². The summed E-state index contributed by atoms with van der Waals surface area (Å²) in [5.41, 5.74) is 16.6. The molecular formula is C50H39N. The SMILES string of the molecule is CC1(C)c2ccccc2-c2cc(N(c3ccc(-c4ccc5ccccc5c4)cc3)c3cc4ccccc4c4c3-c3ccccc3C4(C)C)ccc21.